The van der Waals surface area contributed by atoms with E-state index in [0.717, 1.165) is 13.2 Å². The van der Waals surface area contributed by atoms with E-state index in [9.17, 15) is 22.8 Å². The standard InChI is InChI=1S/C20H27F3N2O4/c1-13-11-24(8-9-25(13)18(27)29-19(2,3)4)12-15-7-6-14(17(26)28-5)10-16(15)20(21,22)23/h6-7,10,13H,8-9,11-12H2,1-5H3. The number of carbonyl (C=O) groups is 2. The molecule has 9 heteroatoms. The van der Waals surface area contributed by atoms with Crippen molar-refractivity contribution in [2.45, 2.75) is 52.1 Å². The Hall–Kier alpha value is -2.29. The fourth-order valence-electron chi connectivity index (χ4n) is 3.23. The summed E-state index contributed by atoms with van der Waals surface area (Å²) in [5.41, 5.74) is -1.55. The molecule has 1 aromatic carbocycles. The van der Waals surface area contributed by atoms with Gasteiger partial charge in [-0.2, -0.15) is 13.2 Å². The van der Waals surface area contributed by atoms with Crippen molar-refractivity contribution in [2.24, 2.45) is 0 Å². The minimum Gasteiger partial charge on any atom is -0.465 e. The highest BCUT2D eigenvalue weighted by molar-refractivity contribution is 5.89. The molecule has 162 valence electrons. The van der Waals surface area contributed by atoms with Crippen LogP contribution < -0.4 is 0 Å². The van der Waals surface area contributed by atoms with Crippen molar-refractivity contribution in [1.82, 2.24) is 9.80 Å². The molecule has 0 N–H and O–H groups in total. The van der Waals surface area contributed by atoms with Gasteiger partial charge in [0.15, 0.2) is 0 Å². The fourth-order valence-corrected chi connectivity index (χ4v) is 3.23. The second kappa shape index (κ2) is 8.61. The summed E-state index contributed by atoms with van der Waals surface area (Å²) in [5, 5.41) is 0. The van der Waals surface area contributed by atoms with Crippen molar-refractivity contribution in [3.05, 3.63) is 34.9 Å². The van der Waals surface area contributed by atoms with Gasteiger partial charge in [-0.25, -0.2) is 9.59 Å². The maximum atomic E-state index is 13.5. The summed E-state index contributed by atoms with van der Waals surface area (Å²) >= 11 is 0. The van der Waals surface area contributed by atoms with E-state index < -0.39 is 29.4 Å². The zero-order valence-corrected chi connectivity index (χ0v) is 17.3. The van der Waals surface area contributed by atoms with Gasteiger partial charge in [-0.1, -0.05) is 6.07 Å². The molecule has 0 radical (unpaired) electrons. The molecule has 1 aliphatic rings. The Bertz CT molecular complexity index is 759. The van der Waals surface area contributed by atoms with Gasteiger partial charge in [0.05, 0.1) is 18.2 Å². The fraction of sp³-hybridized carbons (Fsp3) is 0.600. The maximum absolute atomic E-state index is 13.5. The molecule has 0 saturated carbocycles. The second-order valence-electron chi connectivity index (χ2n) is 8.12. The van der Waals surface area contributed by atoms with Gasteiger partial charge in [0, 0.05) is 32.2 Å². The Labute approximate surface area is 168 Å². The zero-order valence-electron chi connectivity index (χ0n) is 17.3. The first kappa shape index (κ1) is 23.0. The number of benzene rings is 1. The van der Waals surface area contributed by atoms with Gasteiger partial charge < -0.3 is 14.4 Å². The molecule has 1 atom stereocenters. The number of hydrogen-bond donors (Lipinski definition) is 0. The molecule has 1 saturated heterocycles. The van der Waals surface area contributed by atoms with Crippen LogP contribution in [0.4, 0.5) is 18.0 Å². The number of amides is 1. The van der Waals surface area contributed by atoms with Gasteiger partial charge in [0.2, 0.25) is 0 Å². The molecular weight excluding hydrogens is 389 g/mol. The summed E-state index contributed by atoms with van der Waals surface area (Å²) in [4.78, 5) is 27.3. The van der Waals surface area contributed by atoms with Crippen LogP contribution in [0, 0.1) is 0 Å². The highest BCUT2D eigenvalue weighted by atomic mass is 19.4. The third-order valence-corrected chi connectivity index (χ3v) is 4.57. The Kier molecular flexibility index (Phi) is 6.82. The van der Waals surface area contributed by atoms with Gasteiger partial charge in [-0.05, 0) is 45.4 Å². The molecule has 6 nitrogen and oxygen atoms in total. The first-order valence-corrected chi connectivity index (χ1v) is 9.32. The summed E-state index contributed by atoms with van der Waals surface area (Å²) in [5.74, 6) is -0.818. The number of rotatable bonds is 3. The van der Waals surface area contributed by atoms with E-state index in [0.29, 0.717) is 19.6 Å². The van der Waals surface area contributed by atoms with Crippen LogP contribution in [0.5, 0.6) is 0 Å². The third kappa shape index (κ3) is 6.09. The number of ether oxygens (including phenoxy) is 2. The second-order valence-corrected chi connectivity index (χ2v) is 8.12. The van der Waals surface area contributed by atoms with Crippen LogP contribution in [0.25, 0.3) is 0 Å². The van der Waals surface area contributed by atoms with E-state index in [4.69, 9.17) is 4.74 Å². The molecule has 0 aromatic heterocycles. The van der Waals surface area contributed by atoms with Crippen molar-refractivity contribution in [3.63, 3.8) is 0 Å². The van der Waals surface area contributed by atoms with Gasteiger partial charge >= 0.3 is 18.2 Å². The number of nitrogens with zero attached hydrogens (tertiary/aromatic N) is 2. The number of esters is 1. The topological polar surface area (TPSA) is 59.1 Å². The van der Waals surface area contributed by atoms with E-state index >= 15 is 0 Å². The van der Waals surface area contributed by atoms with Crippen molar-refractivity contribution in [1.29, 1.82) is 0 Å². The van der Waals surface area contributed by atoms with E-state index in [1.165, 1.54) is 12.1 Å². The molecule has 1 aliphatic heterocycles. The molecule has 0 aliphatic carbocycles. The Morgan fingerprint density at radius 2 is 1.83 bits per heavy atom. The average molecular weight is 416 g/mol. The van der Waals surface area contributed by atoms with Crippen LogP contribution >= 0.6 is 0 Å². The number of carbonyl (C=O) groups excluding carboxylic acids is 2. The van der Waals surface area contributed by atoms with Crippen LogP contribution in [0.1, 0.15) is 49.2 Å². The maximum Gasteiger partial charge on any atom is 0.416 e. The van der Waals surface area contributed by atoms with Crippen LogP contribution in [-0.4, -0.2) is 60.2 Å². The molecule has 1 heterocycles. The Balaban J connectivity index is 2.13. The lowest BCUT2D eigenvalue weighted by Crippen LogP contribution is -2.54. The highest BCUT2D eigenvalue weighted by Crippen LogP contribution is 2.34. The number of hydrogen-bond acceptors (Lipinski definition) is 5. The van der Waals surface area contributed by atoms with E-state index in [2.05, 4.69) is 4.74 Å². The van der Waals surface area contributed by atoms with Gasteiger partial charge in [-0.15, -0.1) is 0 Å². The van der Waals surface area contributed by atoms with Crippen LogP contribution in [0.3, 0.4) is 0 Å². The largest absolute Gasteiger partial charge is 0.465 e. The smallest absolute Gasteiger partial charge is 0.416 e. The van der Waals surface area contributed by atoms with E-state index in [1.807, 2.05) is 11.8 Å². The van der Waals surface area contributed by atoms with Crippen LogP contribution in [-0.2, 0) is 22.2 Å². The lowest BCUT2D eigenvalue weighted by atomic mass is 10.0. The molecule has 29 heavy (non-hydrogen) atoms. The molecule has 0 bridgehead atoms. The summed E-state index contributed by atoms with van der Waals surface area (Å²) < 4.78 is 50.4. The lowest BCUT2D eigenvalue weighted by Gasteiger charge is -2.40. The third-order valence-electron chi connectivity index (χ3n) is 4.57. The Morgan fingerprint density at radius 3 is 2.34 bits per heavy atom. The monoisotopic (exact) mass is 416 g/mol. The zero-order chi connectivity index (χ0) is 22.0. The Morgan fingerprint density at radius 1 is 1.17 bits per heavy atom. The normalized spacial score (nSPS) is 18.5. The van der Waals surface area contributed by atoms with E-state index in [-0.39, 0.29) is 23.7 Å². The van der Waals surface area contributed by atoms with Crippen LogP contribution in [0.15, 0.2) is 18.2 Å². The van der Waals surface area contributed by atoms with Crippen molar-refractivity contribution >= 4 is 12.1 Å². The predicted octanol–water partition coefficient (Wildman–Crippen LogP) is 3.93. The summed E-state index contributed by atoms with van der Waals surface area (Å²) in [6, 6.07) is 3.25. The number of methoxy groups -OCH3 is 1. The lowest BCUT2D eigenvalue weighted by molar-refractivity contribution is -0.138. The van der Waals surface area contributed by atoms with Gasteiger partial charge in [0.1, 0.15) is 5.60 Å². The minimum atomic E-state index is -4.59. The van der Waals surface area contributed by atoms with Gasteiger partial charge in [0.25, 0.3) is 0 Å². The number of alkyl halides is 3. The molecule has 1 amide bonds. The molecule has 1 aromatic rings. The molecule has 1 fully saturated rings. The summed E-state index contributed by atoms with van der Waals surface area (Å²) in [6.07, 6.45) is -5.02. The minimum absolute atomic E-state index is 0.0583. The summed E-state index contributed by atoms with van der Waals surface area (Å²) in [6.45, 7) is 8.42. The van der Waals surface area contributed by atoms with Crippen molar-refractivity contribution < 1.29 is 32.2 Å². The summed E-state index contributed by atoms with van der Waals surface area (Å²) in [7, 11) is 1.12. The molecular formula is C20H27F3N2O4. The van der Waals surface area contributed by atoms with Crippen molar-refractivity contribution in [3.8, 4) is 0 Å². The van der Waals surface area contributed by atoms with E-state index in [1.54, 1.807) is 25.7 Å². The average Bonchev–Trinajstić information content (AvgIpc) is 2.59. The number of piperazine rings is 1. The molecule has 1 unspecified atom stereocenters. The predicted molar refractivity (Wildman–Crippen MR) is 100 cm³/mol. The number of halogens is 3. The molecule has 2 rings (SSSR count). The first-order valence-electron chi connectivity index (χ1n) is 9.32. The highest BCUT2D eigenvalue weighted by Gasteiger charge is 2.36. The van der Waals surface area contributed by atoms with Gasteiger partial charge in [-0.3, -0.25) is 4.90 Å². The first-order chi connectivity index (χ1) is 13.3. The van der Waals surface area contributed by atoms with Crippen LogP contribution in [0.2, 0.25) is 0 Å². The SMILES string of the molecule is COC(=O)c1ccc(CN2CCN(C(=O)OC(C)(C)C)C(C)C2)c(C(F)(F)F)c1. The quantitative estimate of drug-likeness (QED) is 0.699. The van der Waals surface area contributed by atoms with Crippen molar-refractivity contribution in [2.75, 3.05) is 26.7 Å². The molecule has 0 spiro atoms.